The summed E-state index contributed by atoms with van der Waals surface area (Å²) in [6.45, 7) is 3.45. The summed E-state index contributed by atoms with van der Waals surface area (Å²) in [6, 6.07) is 16.1. The highest BCUT2D eigenvalue weighted by Gasteiger charge is 2.30. The fourth-order valence-electron chi connectivity index (χ4n) is 4.17. The normalized spacial score (nSPS) is 12.5. The Morgan fingerprint density at radius 3 is 2.29 bits per heavy atom. The van der Waals surface area contributed by atoms with Crippen molar-refractivity contribution in [2.24, 2.45) is 0 Å². The van der Waals surface area contributed by atoms with Crippen LogP contribution in [0.3, 0.4) is 0 Å². The van der Waals surface area contributed by atoms with E-state index < -0.39 is 23.5 Å². The van der Waals surface area contributed by atoms with Crippen LogP contribution < -0.4 is 10.6 Å². The van der Waals surface area contributed by atoms with E-state index >= 15 is 0 Å². The van der Waals surface area contributed by atoms with Gasteiger partial charge in [0.2, 0.25) is 5.91 Å². The van der Waals surface area contributed by atoms with E-state index in [4.69, 9.17) is 14.3 Å². The van der Waals surface area contributed by atoms with Crippen LogP contribution >= 0.6 is 0 Å². The maximum atomic E-state index is 12.5. The molecule has 0 aliphatic heterocycles. The smallest absolute Gasteiger partial charge is 0.407 e. The van der Waals surface area contributed by atoms with Crippen LogP contribution in [0.2, 0.25) is 0 Å². The molecule has 1 aliphatic carbocycles. The Morgan fingerprint density at radius 1 is 1.06 bits per heavy atom. The van der Waals surface area contributed by atoms with Crippen molar-refractivity contribution in [3.63, 3.8) is 0 Å². The van der Waals surface area contributed by atoms with Gasteiger partial charge in [0.05, 0.1) is 6.54 Å². The number of carboxylic acids is 1. The predicted octanol–water partition coefficient (Wildman–Crippen LogP) is 3.70. The number of aromatic carboxylic acids is 1. The van der Waals surface area contributed by atoms with Gasteiger partial charge in [0.15, 0.2) is 17.8 Å². The number of rotatable bonds is 8. The molecule has 34 heavy (non-hydrogen) atoms. The molecule has 0 atom stereocenters. The number of aromatic nitrogens is 1. The number of hydrogen-bond donors (Lipinski definition) is 3. The zero-order chi connectivity index (χ0) is 24.3. The molecule has 1 aromatic heterocycles. The molecule has 2 amide bonds. The molecule has 0 bridgehead atoms. The molecule has 3 N–H and O–H groups in total. The number of carbonyl (C=O) groups is 3. The van der Waals surface area contributed by atoms with E-state index in [1.165, 1.54) is 0 Å². The average Bonchev–Trinajstić information content (AvgIpc) is 3.38. The minimum absolute atomic E-state index is 0.0446. The molecule has 9 heteroatoms. The molecule has 0 radical (unpaired) electrons. The first-order valence-electron chi connectivity index (χ1n) is 10.8. The van der Waals surface area contributed by atoms with Gasteiger partial charge in [0.25, 0.3) is 0 Å². The van der Waals surface area contributed by atoms with Gasteiger partial charge in [0, 0.05) is 17.9 Å². The second kappa shape index (κ2) is 9.38. The van der Waals surface area contributed by atoms with E-state index in [1.54, 1.807) is 13.8 Å². The van der Waals surface area contributed by atoms with Crippen LogP contribution in [0.15, 0.2) is 59.3 Å². The number of hydrogen-bond acceptors (Lipinski definition) is 6. The molecule has 3 aromatic rings. The fraction of sp³-hybridized carbons (Fsp3) is 0.280. The first-order valence-corrected chi connectivity index (χ1v) is 10.8. The van der Waals surface area contributed by atoms with Crippen molar-refractivity contribution < 1.29 is 28.6 Å². The summed E-state index contributed by atoms with van der Waals surface area (Å²) in [6.07, 6.45) is 0.337. The predicted molar refractivity (Wildman–Crippen MR) is 122 cm³/mol. The fourth-order valence-corrected chi connectivity index (χ4v) is 4.17. The molecule has 0 saturated carbocycles. The monoisotopic (exact) mass is 463 g/mol. The molecule has 176 valence electrons. The SMILES string of the molecule is CC(C)(CC(=O)NCc1ocnc1C(=O)O)NC(=O)OCC1c2ccccc2-c2ccccc21. The third kappa shape index (κ3) is 4.93. The van der Waals surface area contributed by atoms with Crippen LogP contribution in [0.5, 0.6) is 0 Å². The number of carbonyl (C=O) groups excluding carboxylic acids is 2. The van der Waals surface area contributed by atoms with Gasteiger partial charge >= 0.3 is 12.1 Å². The molecule has 9 nitrogen and oxygen atoms in total. The van der Waals surface area contributed by atoms with Crippen LogP contribution in [-0.2, 0) is 16.1 Å². The standard InChI is InChI=1S/C25H25N3O6/c1-25(2,11-21(29)26-12-20-22(23(30)31)27-14-34-20)28-24(32)33-13-19-17-9-5-3-7-15(17)16-8-4-6-10-18(16)19/h3-10,14,19H,11-13H2,1-2H3,(H,26,29)(H,28,32)(H,30,31). The lowest BCUT2D eigenvalue weighted by Gasteiger charge is -2.25. The lowest BCUT2D eigenvalue weighted by atomic mass is 9.98. The van der Waals surface area contributed by atoms with Crippen LogP contribution in [0.4, 0.5) is 4.79 Å². The van der Waals surface area contributed by atoms with Crippen LogP contribution in [0.1, 0.15) is 53.6 Å². The van der Waals surface area contributed by atoms with Crippen molar-refractivity contribution in [3.8, 4) is 11.1 Å². The number of amides is 2. The third-order valence-electron chi connectivity index (χ3n) is 5.68. The first kappa shape index (κ1) is 23.0. The highest BCUT2D eigenvalue weighted by atomic mass is 16.5. The lowest BCUT2D eigenvalue weighted by Crippen LogP contribution is -2.47. The molecular formula is C25H25N3O6. The summed E-state index contributed by atoms with van der Waals surface area (Å²) in [5.74, 6) is -1.65. The summed E-state index contributed by atoms with van der Waals surface area (Å²) >= 11 is 0. The van der Waals surface area contributed by atoms with Gasteiger partial charge in [0.1, 0.15) is 6.61 Å². The Kier molecular flexibility index (Phi) is 6.36. The maximum Gasteiger partial charge on any atom is 0.407 e. The molecular weight excluding hydrogens is 438 g/mol. The Bertz CT molecular complexity index is 1190. The molecule has 0 unspecified atom stereocenters. The highest BCUT2D eigenvalue weighted by Crippen LogP contribution is 2.44. The number of oxazole rings is 1. The van der Waals surface area contributed by atoms with E-state index in [0.717, 1.165) is 28.6 Å². The molecule has 0 saturated heterocycles. The van der Waals surface area contributed by atoms with E-state index in [-0.39, 0.29) is 36.9 Å². The van der Waals surface area contributed by atoms with Crippen molar-refractivity contribution >= 4 is 18.0 Å². The van der Waals surface area contributed by atoms with E-state index in [9.17, 15) is 14.4 Å². The topological polar surface area (TPSA) is 131 Å². The Labute approximate surface area is 196 Å². The Morgan fingerprint density at radius 2 is 1.68 bits per heavy atom. The largest absolute Gasteiger partial charge is 0.476 e. The van der Waals surface area contributed by atoms with Gasteiger partial charge < -0.3 is 24.9 Å². The molecule has 4 rings (SSSR count). The zero-order valence-electron chi connectivity index (χ0n) is 18.8. The number of nitrogens with zero attached hydrogens (tertiary/aromatic N) is 1. The van der Waals surface area contributed by atoms with E-state index in [1.807, 2.05) is 36.4 Å². The number of nitrogens with one attached hydrogen (secondary N) is 2. The molecule has 0 spiro atoms. The summed E-state index contributed by atoms with van der Waals surface area (Å²) < 4.78 is 10.6. The van der Waals surface area contributed by atoms with Crippen molar-refractivity contribution in [1.82, 2.24) is 15.6 Å². The van der Waals surface area contributed by atoms with Gasteiger partial charge in [-0.1, -0.05) is 48.5 Å². The van der Waals surface area contributed by atoms with Crippen molar-refractivity contribution in [1.29, 1.82) is 0 Å². The number of ether oxygens (including phenoxy) is 1. The van der Waals surface area contributed by atoms with Gasteiger partial charge in [-0.05, 0) is 36.1 Å². The Hall–Kier alpha value is -4.14. The van der Waals surface area contributed by atoms with Crippen molar-refractivity contribution in [2.75, 3.05) is 6.61 Å². The number of benzene rings is 2. The van der Waals surface area contributed by atoms with Gasteiger partial charge in [-0.15, -0.1) is 0 Å². The zero-order valence-corrected chi connectivity index (χ0v) is 18.8. The maximum absolute atomic E-state index is 12.5. The van der Waals surface area contributed by atoms with Crippen LogP contribution in [-0.4, -0.2) is 40.2 Å². The first-order chi connectivity index (χ1) is 16.2. The van der Waals surface area contributed by atoms with Gasteiger partial charge in [-0.2, -0.15) is 0 Å². The second-order valence-electron chi connectivity index (χ2n) is 8.72. The number of carboxylic acid groups (broad SMARTS) is 1. The average molecular weight is 463 g/mol. The van der Waals surface area contributed by atoms with E-state index in [2.05, 4.69) is 27.8 Å². The quantitative estimate of drug-likeness (QED) is 0.464. The second-order valence-corrected chi connectivity index (χ2v) is 8.72. The molecule has 1 heterocycles. The minimum atomic E-state index is -1.24. The van der Waals surface area contributed by atoms with E-state index in [0.29, 0.717) is 0 Å². The number of fused-ring (bicyclic) bond motifs is 3. The summed E-state index contributed by atoms with van der Waals surface area (Å²) in [5, 5.41) is 14.4. The number of alkyl carbamates (subject to hydrolysis) is 1. The lowest BCUT2D eigenvalue weighted by molar-refractivity contribution is -0.122. The summed E-state index contributed by atoms with van der Waals surface area (Å²) in [7, 11) is 0. The van der Waals surface area contributed by atoms with Crippen LogP contribution in [0, 0.1) is 0 Å². The van der Waals surface area contributed by atoms with Gasteiger partial charge in [-0.25, -0.2) is 14.6 Å². The summed E-state index contributed by atoms with van der Waals surface area (Å²) in [4.78, 5) is 39.5. The summed E-state index contributed by atoms with van der Waals surface area (Å²) in [5.41, 5.74) is 3.36. The minimum Gasteiger partial charge on any atom is -0.476 e. The highest BCUT2D eigenvalue weighted by molar-refractivity contribution is 5.86. The molecule has 1 aliphatic rings. The molecule has 0 fully saturated rings. The van der Waals surface area contributed by atoms with Crippen molar-refractivity contribution in [3.05, 3.63) is 77.5 Å². The third-order valence-corrected chi connectivity index (χ3v) is 5.68. The molecule has 2 aromatic carbocycles. The van der Waals surface area contributed by atoms with Crippen molar-refractivity contribution in [2.45, 2.75) is 38.3 Å². The van der Waals surface area contributed by atoms with Gasteiger partial charge in [-0.3, -0.25) is 4.79 Å². The Balaban J connectivity index is 1.31. The van der Waals surface area contributed by atoms with Crippen LogP contribution in [0.25, 0.3) is 11.1 Å².